The van der Waals surface area contributed by atoms with Crippen molar-refractivity contribution in [3.8, 4) is 11.1 Å². The number of hydrogen-bond acceptors (Lipinski definition) is 5. The summed E-state index contributed by atoms with van der Waals surface area (Å²) in [6.45, 7) is 0.571. The molecule has 0 atom stereocenters. The highest BCUT2D eigenvalue weighted by Crippen LogP contribution is 2.28. The highest BCUT2D eigenvalue weighted by atomic mass is 16.5. The van der Waals surface area contributed by atoms with Crippen LogP contribution in [-0.4, -0.2) is 23.9 Å². The summed E-state index contributed by atoms with van der Waals surface area (Å²) in [5.74, 6) is 1.12. The molecule has 2 heterocycles. The fraction of sp³-hybridized carbons (Fsp3) is 0.273. The number of aromatic nitrogens is 2. The van der Waals surface area contributed by atoms with Crippen LogP contribution in [-0.2, 0) is 11.2 Å². The number of nitrogens with two attached hydrogens (primary N) is 1. The summed E-state index contributed by atoms with van der Waals surface area (Å²) in [5, 5.41) is 3.77. The van der Waals surface area contributed by atoms with Crippen LogP contribution in [0.25, 0.3) is 11.1 Å². The molecule has 16 heavy (non-hydrogen) atoms. The van der Waals surface area contributed by atoms with E-state index >= 15 is 0 Å². The summed E-state index contributed by atoms with van der Waals surface area (Å²) in [6, 6.07) is 3.77. The van der Waals surface area contributed by atoms with Gasteiger partial charge in [0.05, 0.1) is 12.2 Å². The number of pyridine rings is 1. The third-order valence-electron chi connectivity index (χ3n) is 2.27. The number of methoxy groups -OCH3 is 1. The Kier molecular flexibility index (Phi) is 3.16. The lowest BCUT2D eigenvalue weighted by atomic mass is 10.1. The van der Waals surface area contributed by atoms with Crippen molar-refractivity contribution >= 4 is 5.82 Å². The average molecular weight is 219 g/mol. The van der Waals surface area contributed by atoms with Crippen molar-refractivity contribution in [3.63, 3.8) is 0 Å². The second-order valence-corrected chi connectivity index (χ2v) is 3.35. The number of ether oxygens (including phenoxy) is 1. The van der Waals surface area contributed by atoms with E-state index in [0.29, 0.717) is 18.8 Å². The number of hydrogen-bond donors (Lipinski definition) is 1. The van der Waals surface area contributed by atoms with E-state index < -0.39 is 0 Å². The Morgan fingerprint density at radius 1 is 1.50 bits per heavy atom. The van der Waals surface area contributed by atoms with Gasteiger partial charge in [0.1, 0.15) is 5.76 Å². The fourth-order valence-corrected chi connectivity index (χ4v) is 1.52. The zero-order valence-corrected chi connectivity index (χ0v) is 9.01. The lowest BCUT2D eigenvalue weighted by Crippen LogP contribution is -1.96. The van der Waals surface area contributed by atoms with Gasteiger partial charge in [-0.2, -0.15) is 0 Å². The minimum absolute atomic E-state index is 0.388. The van der Waals surface area contributed by atoms with Gasteiger partial charge in [0.15, 0.2) is 5.82 Å². The van der Waals surface area contributed by atoms with Crippen LogP contribution in [0.1, 0.15) is 5.76 Å². The van der Waals surface area contributed by atoms with Crippen LogP contribution in [0.15, 0.2) is 29.0 Å². The molecule has 0 aromatic carbocycles. The molecule has 2 aromatic heterocycles. The van der Waals surface area contributed by atoms with E-state index in [9.17, 15) is 0 Å². The molecule has 0 saturated heterocycles. The zero-order chi connectivity index (χ0) is 11.4. The van der Waals surface area contributed by atoms with Crippen molar-refractivity contribution in [2.75, 3.05) is 19.5 Å². The van der Waals surface area contributed by atoms with Gasteiger partial charge in [0.2, 0.25) is 0 Å². The van der Waals surface area contributed by atoms with Gasteiger partial charge in [-0.1, -0.05) is 11.2 Å². The molecule has 2 aromatic rings. The largest absolute Gasteiger partial charge is 0.384 e. The second-order valence-electron chi connectivity index (χ2n) is 3.35. The smallest absolute Gasteiger partial charge is 0.175 e. The molecule has 5 nitrogen and oxygen atoms in total. The molecule has 0 amide bonds. The third-order valence-corrected chi connectivity index (χ3v) is 2.27. The molecule has 0 radical (unpaired) electrons. The first kappa shape index (κ1) is 10.6. The van der Waals surface area contributed by atoms with Crippen LogP contribution >= 0.6 is 0 Å². The van der Waals surface area contributed by atoms with E-state index in [1.165, 1.54) is 0 Å². The topological polar surface area (TPSA) is 74.2 Å². The standard InChI is InChI=1S/C11H13N3O2/c1-15-6-4-9-10(11(12)14-16-9)8-3-2-5-13-7-8/h2-3,5,7H,4,6H2,1H3,(H2,12,14). The van der Waals surface area contributed by atoms with E-state index in [-0.39, 0.29) is 0 Å². The van der Waals surface area contributed by atoms with Gasteiger partial charge in [-0.15, -0.1) is 0 Å². The van der Waals surface area contributed by atoms with Crippen LogP contribution in [0.3, 0.4) is 0 Å². The quantitative estimate of drug-likeness (QED) is 0.843. The second kappa shape index (κ2) is 4.76. The molecule has 84 valence electrons. The first-order valence-corrected chi connectivity index (χ1v) is 4.96. The van der Waals surface area contributed by atoms with Gasteiger partial charge < -0.3 is 15.0 Å². The van der Waals surface area contributed by atoms with Crippen LogP contribution in [0, 0.1) is 0 Å². The molecule has 2 rings (SSSR count). The molecule has 0 saturated carbocycles. The summed E-state index contributed by atoms with van der Waals surface area (Å²) < 4.78 is 10.2. The molecule has 0 aliphatic carbocycles. The average Bonchev–Trinajstić information content (AvgIpc) is 2.69. The molecule has 0 unspecified atom stereocenters. The Bertz CT molecular complexity index is 454. The minimum Gasteiger partial charge on any atom is -0.384 e. The Morgan fingerprint density at radius 3 is 3.06 bits per heavy atom. The Balaban J connectivity index is 2.35. The molecule has 0 spiro atoms. The van der Waals surface area contributed by atoms with Gasteiger partial charge in [-0.25, -0.2) is 0 Å². The normalized spacial score (nSPS) is 10.6. The van der Waals surface area contributed by atoms with Gasteiger partial charge in [0, 0.05) is 31.5 Å². The lowest BCUT2D eigenvalue weighted by molar-refractivity contribution is 0.193. The van der Waals surface area contributed by atoms with Crippen molar-refractivity contribution in [1.29, 1.82) is 0 Å². The first-order chi connectivity index (χ1) is 7.83. The predicted molar refractivity (Wildman–Crippen MR) is 59.7 cm³/mol. The Morgan fingerprint density at radius 2 is 2.38 bits per heavy atom. The molecule has 0 bridgehead atoms. The van der Waals surface area contributed by atoms with Crippen LogP contribution < -0.4 is 5.73 Å². The van der Waals surface area contributed by atoms with Crippen LogP contribution in [0.5, 0.6) is 0 Å². The van der Waals surface area contributed by atoms with E-state index in [2.05, 4.69) is 10.1 Å². The minimum atomic E-state index is 0.388. The summed E-state index contributed by atoms with van der Waals surface area (Å²) >= 11 is 0. The van der Waals surface area contributed by atoms with E-state index in [1.54, 1.807) is 19.5 Å². The van der Waals surface area contributed by atoms with Crippen LogP contribution in [0.4, 0.5) is 5.82 Å². The maximum atomic E-state index is 5.77. The number of nitrogen functional groups attached to an aromatic ring is 1. The maximum Gasteiger partial charge on any atom is 0.175 e. The van der Waals surface area contributed by atoms with Crippen molar-refractivity contribution in [2.24, 2.45) is 0 Å². The highest BCUT2D eigenvalue weighted by Gasteiger charge is 2.15. The van der Waals surface area contributed by atoms with Gasteiger partial charge in [-0.05, 0) is 6.07 Å². The molecule has 0 aliphatic rings. The number of nitrogens with zero attached hydrogens (tertiary/aromatic N) is 2. The zero-order valence-electron chi connectivity index (χ0n) is 9.01. The Hall–Kier alpha value is -1.88. The number of rotatable bonds is 4. The van der Waals surface area contributed by atoms with Gasteiger partial charge in [-0.3, -0.25) is 4.98 Å². The lowest BCUT2D eigenvalue weighted by Gasteiger charge is -2.01. The van der Waals surface area contributed by atoms with E-state index in [4.69, 9.17) is 15.0 Å². The van der Waals surface area contributed by atoms with E-state index in [0.717, 1.165) is 16.9 Å². The molecule has 0 fully saturated rings. The predicted octanol–water partition coefficient (Wildman–Crippen LogP) is 1.51. The summed E-state index contributed by atoms with van der Waals surface area (Å²) in [4.78, 5) is 4.05. The van der Waals surface area contributed by atoms with E-state index in [1.807, 2.05) is 12.1 Å². The third kappa shape index (κ3) is 2.04. The van der Waals surface area contributed by atoms with Gasteiger partial charge >= 0.3 is 0 Å². The molecule has 5 heteroatoms. The van der Waals surface area contributed by atoms with Crippen molar-refractivity contribution in [2.45, 2.75) is 6.42 Å². The highest BCUT2D eigenvalue weighted by molar-refractivity contribution is 5.74. The number of anilines is 1. The SMILES string of the molecule is COCCc1onc(N)c1-c1cccnc1. The van der Waals surface area contributed by atoms with Crippen molar-refractivity contribution in [1.82, 2.24) is 10.1 Å². The monoisotopic (exact) mass is 219 g/mol. The summed E-state index contributed by atoms with van der Waals surface area (Å²) in [5.41, 5.74) is 7.49. The van der Waals surface area contributed by atoms with Crippen LogP contribution in [0.2, 0.25) is 0 Å². The first-order valence-electron chi connectivity index (χ1n) is 4.96. The Labute approximate surface area is 93.2 Å². The summed E-state index contributed by atoms with van der Waals surface area (Å²) in [6.07, 6.45) is 4.09. The molecular weight excluding hydrogens is 206 g/mol. The van der Waals surface area contributed by atoms with Crippen molar-refractivity contribution < 1.29 is 9.26 Å². The maximum absolute atomic E-state index is 5.77. The fourth-order valence-electron chi connectivity index (χ4n) is 1.52. The summed E-state index contributed by atoms with van der Waals surface area (Å²) in [7, 11) is 1.64. The molecule has 2 N–H and O–H groups in total. The molecule has 0 aliphatic heterocycles. The van der Waals surface area contributed by atoms with Gasteiger partial charge in [0.25, 0.3) is 0 Å². The molecular formula is C11H13N3O2. The van der Waals surface area contributed by atoms with Crippen molar-refractivity contribution in [3.05, 3.63) is 30.3 Å².